The maximum atomic E-state index is 11.8. The molecular formula is C12H23ClN2O2. The molecular weight excluding hydrogens is 240 g/mol. The summed E-state index contributed by atoms with van der Waals surface area (Å²) in [7, 11) is 0. The third-order valence-corrected chi connectivity index (χ3v) is 3.91. The number of halogens is 1. The monoisotopic (exact) mass is 262 g/mol. The molecule has 17 heavy (non-hydrogen) atoms. The average molecular weight is 263 g/mol. The van der Waals surface area contributed by atoms with Crippen molar-refractivity contribution in [3.05, 3.63) is 0 Å². The van der Waals surface area contributed by atoms with E-state index in [1.165, 1.54) is 0 Å². The first kappa shape index (κ1) is 14.7. The van der Waals surface area contributed by atoms with E-state index in [0.717, 1.165) is 32.3 Å². The zero-order chi connectivity index (χ0) is 11.5. The van der Waals surface area contributed by atoms with Crippen LogP contribution in [0.15, 0.2) is 0 Å². The minimum atomic E-state index is -0.0808. The van der Waals surface area contributed by atoms with Gasteiger partial charge in [0.1, 0.15) is 0 Å². The summed E-state index contributed by atoms with van der Waals surface area (Å²) >= 11 is 0. The van der Waals surface area contributed by atoms with Crippen molar-refractivity contribution in [2.45, 2.75) is 44.8 Å². The quantitative estimate of drug-likeness (QED) is 0.800. The second kappa shape index (κ2) is 6.57. The highest BCUT2D eigenvalue weighted by molar-refractivity contribution is 5.85. The van der Waals surface area contributed by atoms with Gasteiger partial charge in [0.05, 0.1) is 6.10 Å². The van der Waals surface area contributed by atoms with Gasteiger partial charge in [0, 0.05) is 31.0 Å². The predicted octanol–water partition coefficient (Wildman–Crippen LogP) is 1.08. The van der Waals surface area contributed by atoms with E-state index in [1.54, 1.807) is 0 Å². The van der Waals surface area contributed by atoms with Crippen LogP contribution in [0.2, 0.25) is 0 Å². The molecule has 0 aromatic heterocycles. The van der Waals surface area contributed by atoms with Crippen LogP contribution in [0, 0.1) is 11.8 Å². The molecule has 2 fully saturated rings. The summed E-state index contributed by atoms with van der Waals surface area (Å²) in [5.74, 6) is 0.547. The van der Waals surface area contributed by atoms with Gasteiger partial charge in [-0.2, -0.15) is 0 Å². The van der Waals surface area contributed by atoms with Crippen molar-refractivity contribution in [2.24, 2.45) is 17.6 Å². The van der Waals surface area contributed by atoms with Gasteiger partial charge in [-0.15, -0.1) is 12.4 Å². The zero-order valence-corrected chi connectivity index (χ0v) is 11.2. The van der Waals surface area contributed by atoms with Gasteiger partial charge in [0.2, 0.25) is 5.91 Å². The Morgan fingerprint density at radius 3 is 2.94 bits per heavy atom. The number of hydrogen-bond donors (Lipinski definition) is 2. The van der Waals surface area contributed by atoms with Gasteiger partial charge in [0.15, 0.2) is 0 Å². The number of fused-ring (bicyclic) bond motifs is 1. The third kappa shape index (κ3) is 3.33. The van der Waals surface area contributed by atoms with Crippen molar-refractivity contribution < 1.29 is 9.53 Å². The number of hydrogen-bond acceptors (Lipinski definition) is 3. The highest BCUT2D eigenvalue weighted by Crippen LogP contribution is 2.34. The van der Waals surface area contributed by atoms with Crippen LogP contribution in [0.5, 0.6) is 0 Å². The van der Waals surface area contributed by atoms with Crippen LogP contribution in [-0.4, -0.2) is 31.2 Å². The lowest BCUT2D eigenvalue weighted by Crippen LogP contribution is -2.48. The molecule has 0 bridgehead atoms. The van der Waals surface area contributed by atoms with E-state index in [0.29, 0.717) is 24.6 Å². The molecule has 4 nitrogen and oxygen atoms in total. The lowest BCUT2D eigenvalue weighted by Gasteiger charge is -2.33. The second-order valence-corrected chi connectivity index (χ2v) is 5.04. The summed E-state index contributed by atoms with van der Waals surface area (Å²) in [6, 6.07) is 0.308. The van der Waals surface area contributed by atoms with Crippen LogP contribution >= 0.6 is 12.4 Å². The molecule has 1 saturated heterocycles. The lowest BCUT2D eigenvalue weighted by atomic mass is 9.81. The molecule has 1 heterocycles. The smallest absolute Gasteiger partial charge is 0.224 e. The van der Waals surface area contributed by atoms with Crippen LogP contribution in [-0.2, 0) is 9.53 Å². The molecule has 4 unspecified atom stereocenters. The maximum absolute atomic E-state index is 11.8. The Morgan fingerprint density at radius 1 is 1.47 bits per heavy atom. The number of nitrogens with two attached hydrogens (primary N) is 1. The number of carbonyl (C=O) groups is 1. The largest absolute Gasteiger partial charge is 0.378 e. The molecule has 2 aliphatic rings. The van der Waals surface area contributed by atoms with Gasteiger partial charge in [-0.3, -0.25) is 4.79 Å². The van der Waals surface area contributed by atoms with E-state index in [1.807, 2.05) is 6.92 Å². The van der Waals surface area contributed by atoms with Crippen LogP contribution in [0.3, 0.4) is 0 Å². The standard InChI is InChI=1S/C12H22N2O2.ClH/c1-8(7-13)12(15)14-10-3-2-4-11-9(10)5-6-16-11;/h8-11H,2-7,13H2,1H3,(H,14,15);1H. The normalized spacial score (nSPS) is 33.4. The zero-order valence-electron chi connectivity index (χ0n) is 10.4. The fraction of sp³-hybridized carbons (Fsp3) is 0.917. The molecule has 100 valence electrons. The number of nitrogens with one attached hydrogen (secondary N) is 1. The summed E-state index contributed by atoms with van der Waals surface area (Å²) in [5.41, 5.74) is 5.50. The maximum Gasteiger partial charge on any atom is 0.224 e. The van der Waals surface area contributed by atoms with Gasteiger partial charge in [-0.25, -0.2) is 0 Å². The summed E-state index contributed by atoms with van der Waals surface area (Å²) in [4.78, 5) is 11.8. The lowest BCUT2D eigenvalue weighted by molar-refractivity contribution is -0.125. The Kier molecular flexibility index (Phi) is 5.70. The Morgan fingerprint density at radius 2 is 2.24 bits per heavy atom. The van der Waals surface area contributed by atoms with Crippen LogP contribution in [0.25, 0.3) is 0 Å². The molecule has 1 aliphatic carbocycles. The molecule has 1 amide bonds. The number of ether oxygens (including phenoxy) is 1. The molecule has 0 aromatic carbocycles. The van der Waals surface area contributed by atoms with Crippen molar-refractivity contribution in [3.63, 3.8) is 0 Å². The fourth-order valence-corrected chi connectivity index (χ4v) is 2.79. The summed E-state index contributed by atoms with van der Waals surface area (Å²) in [6.07, 6.45) is 4.87. The first-order valence-corrected chi connectivity index (χ1v) is 6.34. The van der Waals surface area contributed by atoms with Crippen molar-refractivity contribution in [1.82, 2.24) is 5.32 Å². The minimum Gasteiger partial charge on any atom is -0.378 e. The van der Waals surface area contributed by atoms with E-state index in [2.05, 4.69) is 5.32 Å². The molecule has 4 atom stereocenters. The summed E-state index contributed by atoms with van der Waals surface area (Å²) in [5, 5.41) is 3.14. The van der Waals surface area contributed by atoms with Gasteiger partial charge in [-0.05, 0) is 25.7 Å². The number of amides is 1. The third-order valence-electron chi connectivity index (χ3n) is 3.91. The van der Waals surface area contributed by atoms with Crippen molar-refractivity contribution in [3.8, 4) is 0 Å². The Balaban J connectivity index is 0.00000144. The molecule has 0 radical (unpaired) electrons. The van der Waals surface area contributed by atoms with Crippen LogP contribution < -0.4 is 11.1 Å². The van der Waals surface area contributed by atoms with Crippen LogP contribution in [0.4, 0.5) is 0 Å². The summed E-state index contributed by atoms with van der Waals surface area (Å²) in [6.45, 7) is 3.15. The van der Waals surface area contributed by atoms with E-state index in [9.17, 15) is 4.79 Å². The van der Waals surface area contributed by atoms with Crippen molar-refractivity contribution in [2.75, 3.05) is 13.2 Å². The van der Waals surface area contributed by atoms with Crippen molar-refractivity contribution >= 4 is 18.3 Å². The SMILES string of the molecule is CC(CN)C(=O)NC1CCCC2OCCC12.Cl. The van der Waals surface area contributed by atoms with Gasteiger partial charge < -0.3 is 15.8 Å². The minimum absolute atomic E-state index is 0. The number of carbonyl (C=O) groups excluding carboxylic acids is 1. The summed E-state index contributed by atoms with van der Waals surface area (Å²) < 4.78 is 5.68. The first-order valence-electron chi connectivity index (χ1n) is 6.34. The van der Waals surface area contributed by atoms with Gasteiger partial charge in [0.25, 0.3) is 0 Å². The second-order valence-electron chi connectivity index (χ2n) is 5.04. The van der Waals surface area contributed by atoms with E-state index >= 15 is 0 Å². The highest BCUT2D eigenvalue weighted by Gasteiger charge is 2.38. The molecule has 0 aromatic rings. The Hall–Kier alpha value is -0.320. The Labute approximate surface area is 109 Å². The molecule has 3 N–H and O–H groups in total. The van der Waals surface area contributed by atoms with E-state index in [4.69, 9.17) is 10.5 Å². The number of rotatable bonds is 3. The Bertz CT molecular complexity index is 263. The van der Waals surface area contributed by atoms with Crippen LogP contribution in [0.1, 0.15) is 32.6 Å². The molecule has 1 aliphatic heterocycles. The topological polar surface area (TPSA) is 64.4 Å². The molecule has 0 spiro atoms. The molecule has 1 saturated carbocycles. The van der Waals surface area contributed by atoms with Gasteiger partial charge in [-0.1, -0.05) is 6.92 Å². The highest BCUT2D eigenvalue weighted by atomic mass is 35.5. The van der Waals surface area contributed by atoms with Gasteiger partial charge >= 0.3 is 0 Å². The predicted molar refractivity (Wildman–Crippen MR) is 69.1 cm³/mol. The van der Waals surface area contributed by atoms with E-state index in [-0.39, 0.29) is 24.2 Å². The first-order chi connectivity index (χ1) is 7.72. The van der Waals surface area contributed by atoms with Crippen molar-refractivity contribution in [1.29, 1.82) is 0 Å². The fourth-order valence-electron chi connectivity index (χ4n) is 2.79. The molecule has 2 rings (SSSR count). The molecule has 5 heteroatoms. The van der Waals surface area contributed by atoms with E-state index < -0.39 is 0 Å². The average Bonchev–Trinajstić information content (AvgIpc) is 2.77.